The largest absolute Gasteiger partial charge is 0.369 e. The Hall–Kier alpha value is -2.11. The number of nitrogens with zero attached hydrogens (tertiary/aromatic N) is 4. The van der Waals surface area contributed by atoms with Crippen molar-refractivity contribution in [1.29, 1.82) is 0 Å². The highest BCUT2D eigenvalue weighted by molar-refractivity contribution is 5.84. The first kappa shape index (κ1) is 12.3. The van der Waals surface area contributed by atoms with Crippen molar-refractivity contribution in [2.24, 2.45) is 0 Å². The summed E-state index contributed by atoms with van der Waals surface area (Å²) in [6.45, 7) is 3.74. The molecular formula is C12H17N5O. The van der Waals surface area contributed by atoms with Crippen LogP contribution in [0, 0.1) is 6.92 Å². The van der Waals surface area contributed by atoms with E-state index in [4.69, 9.17) is 5.73 Å². The molecule has 0 spiro atoms. The van der Waals surface area contributed by atoms with E-state index in [2.05, 4.69) is 9.97 Å². The van der Waals surface area contributed by atoms with Crippen LogP contribution in [0.1, 0.15) is 18.5 Å². The Labute approximate surface area is 105 Å². The van der Waals surface area contributed by atoms with Crippen LogP contribution in [0.2, 0.25) is 0 Å². The smallest absolute Gasteiger partial charge is 0.245 e. The summed E-state index contributed by atoms with van der Waals surface area (Å²) in [5.41, 5.74) is 8.29. The zero-order chi connectivity index (χ0) is 13.4. The van der Waals surface area contributed by atoms with E-state index in [1.807, 2.05) is 13.0 Å². The average molecular weight is 247 g/mol. The highest BCUT2D eigenvalue weighted by Gasteiger charge is 2.22. The normalized spacial score (nSPS) is 12.7. The lowest BCUT2D eigenvalue weighted by Gasteiger charge is -2.19. The standard InChI is InChI=1S/C12H17N5O/c1-7-5-6-14-10-9(7)15-12(13)17(10)8(2)11(18)16(3)4/h5-6,8H,1-4H3,(H2,13,15). The van der Waals surface area contributed by atoms with Gasteiger partial charge in [-0.2, -0.15) is 0 Å². The van der Waals surface area contributed by atoms with Crippen molar-refractivity contribution in [1.82, 2.24) is 19.4 Å². The van der Waals surface area contributed by atoms with Crippen molar-refractivity contribution in [2.45, 2.75) is 19.9 Å². The van der Waals surface area contributed by atoms with E-state index in [0.29, 0.717) is 11.6 Å². The fourth-order valence-electron chi connectivity index (χ4n) is 1.99. The second kappa shape index (κ2) is 4.29. The molecule has 18 heavy (non-hydrogen) atoms. The van der Waals surface area contributed by atoms with Crippen molar-refractivity contribution in [2.75, 3.05) is 19.8 Å². The van der Waals surface area contributed by atoms with E-state index in [-0.39, 0.29) is 5.91 Å². The maximum atomic E-state index is 12.0. The van der Waals surface area contributed by atoms with Crippen molar-refractivity contribution in [3.8, 4) is 0 Å². The van der Waals surface area contributed by atoms with Crippen molar-refractivity contribution in [3.05, 3.63) is 17.8 Å². The highest BCUT2D eigenvalue weighted by Crippen LogP contribution is 2.23. The summed E-state index contributed by atoms with van der Waals surface area (Å²) in [5, 5.41) is 0. The molecule has 0 radical (unpaired) electrons. The summed E-state index contributed by atoms with van der Waals surface area (Å²) < 4.78 is 1.67. The van der Waals surface area contributed by atoms with E-state index in [1.54, 1.807) is 31.8 Å². The molecule has 2 N–H and O–H groups in total. The molecule has 0 aliphatic carbocycles. The van der Waals surface area contributed by atoms with E-state index >= 15 is 0 Å². The summed E-state index contributed by atoms with van der Waals surface area (Å²) >= 11 is 0. The zero-order valence-electron chi connectivity index (χ0n) is 11.0. The van der Waals surface area contributed by atoms with Gasteiger partial charge >= 0.3 is 0 Å². The molecule has 0 aliphatic rings. The second-order valence-corrected chi connectivity index (χ2v) is 4.55. The van der Waals surface area contributed by atoms with Crippen LogP contribution in [0.4, 0.5) is 5.95 Å². The first-order valence-corrected chi connectivity index (χ1v) is 5.73. The van der Waals surface area contributed by atoms with Crippen LogP contribution in [0.5, 0.6) is 0 Å². The number of rotatable bonds is 2. The molecule has 0 saturated carbocycles. The molecule has 1 atom stereocenters. The van der Waals surface area contributed by atoms with Crippen LogP contribution in [0.15, 0.2) is 12.3 Å². The lowest BCUT2D eigenvalue weighted by atomic mass is 10.2. The van der Waals surface area contributed by atoms with Crippen molar-refractivity contribution >= 4 is 23.0 Å². The number of pyridine rings is 1. The minimum Gasteiger partial charge on any atom is -0.369 e. The van der Waals surface area contributed by atoms with Crippen LogP contribution in [0.25, 0.3) is 11.2 Å². The summed E-state index contributed by atoms with van der Waals surface area (Å²) in [5.74, 6) is 0.277. The number of amides is 1. The number of aromatic nitrogens is 3. The first-order chi connectivity index (χ1) is 8.43. The van der Waals surface area contributed by atoms with Crippen LogP contribution >= 0.6 is 0 Å². The van der Waals surface area contributed by atoms with Gasteiger partial charge in [-0.1, -0.05) is 0 Å². The molecule has 0 saturated heterocycles. The lowest BCUT2D eigenvalue weighted by Crippen LogP contribution is -2.30. The Morgan fingerprint density at radius 2 is 2.17 bits per heavy atom. The molecular weight excluding hydrogens is 230 g/mol. The Morgan fingerprint density at radius 1 is 1.50 bits per heavy atom. The number of fused-ring (bicyclic) bond motifs is 1. The number of aryl methyl sites for hydroxylation is 1. The fraction of sp³-hybridized carbons (Fsp3) is 0.417. The van der Waals surface area contributed by atoms with Gasteiger partial charge in [0, 0.05) is 20.3 Å². The summed E-state index contributed by atoms with van der Waals surface area (Å²) in [4.78, 5) is 22.1. The lowest BCUT2D eigenvalue weighted by molar-refractivity contribution is -0.131. The maximum absolute atomic E-state index is 12.0. The quantitative estimate of drug-likeness (QED) is 0.857. The average Bonchev–Trinajstić information content (AvgIpc) is 2.65. The van der Waals surface area contributed by atoms with Gasteiger partial charge in [0.25, 0.3) is 0 Å². The van der Waals surface area contributed by atoms with Gasteiger partial charge in [0.15, 0.2) is 5.65 Å². The van der Waals surface area contributed by atoms with Gasteiger partial charge in [0.05, 0.1) is 0 Å². The van der Waals surface area contributed by atoms with Gasteiger partial charge in [-0.15, -0.1) is 0 Å². The Balaban J connectivity index is 2.61. The van der Waals surface area contributed by atoms with Crippen LogP contribution in [-0.4, -0.2) is 39.4 Å². The number of carbonyl (C=O) groups excluding carboxylic acids is 1. The number of anilines is 1. The van der Waals surface area contributed by atoms with Gasteiger partial charge in [0.1, 0.15) is 11.6 Å². The van der Waals surface area contributed by atoms with Gasteiger partial charge in [-0.25, -0.2) is 9.97 Å². The third-order valence-corrected chi connectivity index (χ3v) is 2.99. The highest BCUT2D eigenvalue weighted by atomic mass is 16.2. The number of nitrogens with two attached hydrogens (primary N) is 1. The number of hydrogen-bond acceptors (Lipinski definition) is 4. The predicted octanol–water partition coefficient (Wildman–Crippen LogP) is 0.971. The van der Waals surface area contributed by atoms with E-state index in [1.165, 1.54) is 4.90 Å². The zero-order valence-corrected chi connectivity index (χ0v) is 11.0. The summed E-state index contributed by atoms with van der Waals surface area (Å²) in [6.07, 6.45) is 1.70. The molecule has 2 rings (SSSR count). The Morgan fingerprint density at radius 3 is 2.78 bits per heavy atom. The molecule has 6 heteroatoms. The number of likely N-dealkylation sites (N-methyl/N-ethyl adjacent to an activating group) is 1. The second-order valence-electron chi connectivity index (χ2n) is 4.55. The van der Waals surface area contributed by atoms with E-state index in [0.717, 1.165) is 11.1 Å². The number of carbonyl (C=O) groups is 1. The van der Waals surface area contributed by atoms with Crippen LogP contribution in [0.3, 0.4) is 0 Å². The topological polar surface area (TPSA) is 77.0 Å². The molecule has 1 amide bonds. The van der Waals surface area contributed by atoms with Gasteiger partial charge in [0.2, 0.25) is 11.9 Å². The number of hydrogen-bond donors (Lipinski definition) is 1. The maximum Gasteiger partial charge on any atom is 0.245 e. The molecule has 0 fully saturated rings. The minimum absolute atomic E-state index is 0.0377. The Bertz CT molecular complexity index is 602. The predicted molar refractivity (Wildman–Crippen MR) is 70.1 cm³/mol. The molecule has 0 aliphatic heterocycles. The molecule has 2 heterocycles. The molecule has 2 aromatic heterocycles. The van der Waals surface area contributed by atoms with Crippen molar-refractivity contribution in [3.63, 3.8) is 0 Å². The molecule has 6 nitrogen and oxygen atoms in total. The van der Waals surface area contributed by atoms with Gasteiger partial charge < -0.3 is 10.6 Å². The summed E-state index contributed by atoms with van der Waals surface area (Å²) in [7, 11) is 3.43. The fourth-order valence-corrected chi connectivity index (χ4v) is 1.99. The van der Waals surface area contributed by atoms with E-state index < -0.39 is 6.04 Å². The molecule has 2 aromatic rings. The number of imidazole rings is 1. The first-order valence-electron chi connectivity index (χ1n) is 5.73. The third kappa shape index (κ3) is 1.79. The molecule has 0 aromatic carbocycles. The van der Waals surface area contributed by atoms with Crippen LogP contribution in [-0.2, 0) is 4.79 Å². The number of nitrogen functional groups attached to an aromatic ring is 1. The third-order valence-electron chi connectivity index (χ3n) is 2.99. The Kier molecular flexibility index (Phi) is 2.94. The van der Waals surface area contributed by atoms with Gasteiger partial charge in [-0.05, 0) is 25.5 Å². The van der Waals surface area contributed by atoms with Gasteiger partial charge in [-0.3, -0.25) is 9.36 Å². The molecule has 96 valence electrons. The van der Waals surface area contributed by atoms with Crippen molar-refractivity contribution < 1.29 is 4.79 Å². The molecule has 1 unspecified atom stereocenters. The van der Waals surface area contributed by atoms with E-state index in [9.17, 15) is 4.79 Å². The summed E-state index contributed by atoms with van der Waals surface area (Å²) in [6, 6.07) is 1.46. The minimum atomic E-state index is -0.417. The molecule has 0 bridgehead atoms. The van der Waals surface area contributed by atoms with Crippen LogP contribution < -0.4 is 5.73 Å². The monoisotopic (exact) mass is 247 g/mol. The SMILES string of the molecule is Cc1ccnc2c1nc(N)n2C(C)C(=O)N(C)C.